The molecule has 2 aromatic carbocycles. The lowest BCUT2D eigenvalue weighted by Gasteiger charge is -2.30. The first-order valence-electron chi connectivity index (χ1n) is 8.49. The minimum atomic E-state index is -3.65. The number of halogens is 2. The number of hydrogen-bond donors (Lipinski definition) is 1. The van der Waals surface area contributed by atoms with E-state index in [4.69, 9.17) is 23.2 Å². The van der Waals surface area contributed by atoms with Crippen molar-refractivity contribution in [3.8, 4) is 0 Å². The SMILES string of the molecule is CCC(C(=O)NCCc1ccc(Cl)cc1)N(c1ccc(Cl)cc1)S(C)(=O)=O. The second kappa shape index (κ2) is 9.44. The van der Waals surface area contributed by atoms with E-state index in [0.29, 0.717) is 35.1 Å². The van der Waals surface area contributed by atoms with Gasteiger partial charge in [-0.05, 0) is 54.8 Å². The van der Waals surface area contributed by atoms with Crippen LogP contribution in [-0.4, -0.2) is 33.2 Å². The van der Waals surface area contributed by atoms with Gasteiger partial charge in [0, 0.05) is 16.6 Å². The van der Waals surface area contributed by atoms with Gasteiger partial charge in [0.1, 0.15) is 6.04 Å². The number of hydrogen-bond acceptors (Lipinski definition) is 3. The lowest BCUT2D eigenvalue weighted by Crippen LogP contribution is -2.49. The standard InChI is InChI=1S/C19H22Cl2N2O3S/c1-3-18(19(24)22-13-12-14-4-6-15(20)7-5-14)23(27(2,25)26)17-10-8-16(21)9-11-17/h4-11,18H,3,12-13H2,1-2H3,(H,22,24). The van der Waals surface area contributed by atoms with Crippen molar-refractivity contribution in [2.24, 2.45) is 0 Å². The summed E-state index contributed by atoms with van der Waals surface area (Å²) in [6, 6.07) is 12.9. The zero-order chi connectivity index (χ0) is 20.0. The van der Waals surface area contributed by atoms with Crippen molar-refractivity contribution in [2.75, 3.05) is 17.1 Å². The van der Waals surface area contributed by atoms with Crippen molar-refractivity contribution in [3.63, 3.8) is 0 Å². The summed E-state index contributed by atoms with van der Waals surface area (Å²) in [6.45, 7) is 2.17. The lowest BCUT2D eigenvalue weighted by atomic mass is 10.1. The summed E-state index contributed by atoms with van der Waals surface area (Å²) in [5.41, 5.74) is 1.44. The molecule has 2 rings (SSSR count). The number of sulfonamides is 1. The molecule has 0 aliphatic heterocycles. The fourth-order valence-corrected chi connectivity index (χ4v) is 4.21. The maximum Gasteiger partial charge on any atom is 0.243 e. The van der Waals surface area contributed by atoms with Crippen LogP contribution in [0.5, 0.6) is 0 Å². The van der Waals surface area contributed by atoms with Crippen LogP contribution in [0.25, 0.3) is 0 Å². The predicted octanol–water partition coefficient (Wildman–Crippen LogP) is 3.90. The van der Waals surface area contributed by atoms with E-state index >= 15 is 0 Å². The van der Waals surface area contributed by atoms with Gasteiger partial charge in [-0.3, -0.25) is 9.10 Å². The number of anilines is 1. The second-order valence-corrected chi connectivity index (χ2v) is 8.86. The van der Waals surface area contributed by atoms with Crippen molar-refractivity contribution < 1.29 is 13.2 Å². The Hall–Kier alpha value is -1.76. The monoisotopic (exact) mass is 428 g/mol. The van der Waals surface area contributed by atoms with Gasteiger partial charge in [0.05, 0.1) is 11.9 Å². The van der Waals surface area contributed by atoms with Crippen LogP contribution in [0, 0.1) is 0 Å². The highest BCUT2D eigenvalue weighted by Crippen LogP contribution is 2.24. The van der Waals surface area contributed by atoms with Crippen LogP contribution < -0.4 is 9.62 Å². The zero-order valence-corrected chi connectivity index (χ0v) is 17.5. The van der Waals surface area contributed by atoms with Gasteiger partial charge in [-0.25, -0.2) is 8.42 Å². The van der Waals surface area contributed by atoms with Gasteiger partial charge in [-0.1, -0.05) is 42.3 Å². The largest absolute Gasteiger partial charge is 0.354 e. The van der Waals surface area contributed by atoms with Gasteiger partial charge < -0.3 is 5.32 Å². The molecule has 0 bridgehead atoms. The molecule has 2 aromatic rings. The number of carbonyl (C=O) groups is 1. The molecule has 0 aromatic heterocycles. The molecule has 0 fully saturated rings. The third kappa shape index (κ3) is 6.13. The first kappa shape index (κ1) is 21.5. The molecule has 1 amide bonds. The highest BCUT2D eigenvalue weighted by molar-refractivity contribution is 7.92. The minimum absolute atomic E-state index is 0.336. The smallest absolute Gasteiger partial charge is 0.243 e. The highest BCUT2D eigenvalue weighted by Gasteiger charge is 2.31. The molecule has 0 spiro atoms. The Balaban J connectivity index is 2.11. The summed E-state index contributed by atoms with van der Waals surface area (Å²) >= 11 is 11.7. The van der Waals surface area contributed by atoms with Crippen molar-refractivity contribution in [2.45, 2.75) is 25.8 Å². The van der Waals surface area contributed by atoms with Crippen LogP contribution in [0.1, 0.15) is 18.9 Å². The van der Waals surface area contributed by atoms with E-state index in [0.717, 1.165) is 16.1 Å². The van der Waals surface area contributed by atoms with E-state index in [1.165, 1.54) is 0 Å². The van der Waals surface area contributed by atoms with E-state index in [-0.39, 0.29) is 5.91 Å². The molecule has 0 heterocycles. The Morgan fingerprint density at radius 1 is 1.04 bits per heavy atom. The van der Waals surface area contributed by atoms with Crippen molar-refractivity contribution in [1.29, 1.82) is 0 Å². The van der Waals surface area contributed by atoms with Crippen LogP contribution in [0.4, 0.5) is 5.69 Å². The van der Waals surface area contributed by atoms with E-state index in [1.54, 1.807) is 43.3 Å². The number of amides is 1. The van der Waals surface area contributed by atoms with Gasteiger partial charge >= 0.3 is 0 Å². The molecule has 0 saturated carbocycles. The third-order valence-corrected chi connectivity index (χ3v) is 5.72. The number of benzene rings is 2. The molecule has 146 valence electrons. The third-order valence-electron chi connectivity index (χ3n) is 4.04. The molecule has 1 N–H and O–H groups in total. The minimum Gasteiger partial charge on any atom is -0.354 e. The molecule has 0 saturated heterocycles. The number of carbonyl (C=O) groups excluding carboxylic acids is 1. The fourth-order valence-electron chi connectivity index (χ4n) is 2.75. The summed E-state index contributed by atoms with van der Waals surface area (Å²) in [7, 11) is -3.65. The Morgan fingerprint density at radius 3 is 2.04 bits per heavy atom. The molecule has 27 heavy (non-hydrogen) atoms. The summed E-state index contributed by atoms with van der Waals surface area (Å²) in [5, 5.41) is 3.97. The zero-order valence-electron chi connectivity index (χ0n) is 15.2. The van der Waals surface area contributed by atoms with Crippen molar-refractivity contribution >= 4 is 44.8 Å². The summed E-state index contributed by atoms with van der Waals surface area (Å²) in [5.74, 6) is -0.341. The fraction of sp³-hybridized carbons (Fsp3) is 0.316. The van der Waals surface area contributed by atoms with Crippen LogP contribution in [0.3, 0.4) is 0 Å². The summed E-state index contributed by atoms with van der Waals surface area (Å²) < 4.78 is 25.8. The average molecular weight is 429 g/mol. The molecular weight excluding hydrogens is 407 g/mol. The Kier molecular flexibility index (Phi) is 7.53. The summed E-state index contributed by atoms with van der Waals surface area (Å²) in [6.07, 6.45) is 2.05. The molecular formula is C19H22Cl2N2O3S. The molecule has 8 heteroatoms. The average Bonchev–Trinajstić information content (AvgIpc) is 2.61. The van der Waals surface area contributed by atoms with E-state index in [2.05, 4.69) is 5.32 Å². The quantitative estimate of drug-likeness (QED) is 0.692. The van der Waals surface area contributed by atoms with Gasteiger partial charge in [0.15, 0.2) is 0 Å². The lowest BCUT2D eigenvalue weighted by molar-refractivity contribution is -0.122. The number of nitrogens with one attached hydrogen (secondary N) is 1. The van der Waals surface area contributed by atoms with Gasteiger partial charge in [-0.15, -0.1) is 0 Å². The molecule has 0 aliphatic rings. The van der Waals surface area contributed by atoms with E-state index in [9.17, 15) is 13.2 Å². The first-order valence-corrected chi connectivity index (χ1v) is 11.1. The molecule has 0 aliphatic carbocycles. The second-order valence-electron chi connectivity index (χ2n) is 6.13. The van der Waals surface area contributed by atoms with Crippen LogP contribution in [0.15, 0.2) is 48.5 Å². The van der Waals surface area contributed by atoms with E-state index < -0.39 is 16.1 Å². The number of nitrogens with zero attached hydrogens (tertiary/aromatic N) is 1. The van der Waals surface area contributed by atoms with Crippen LogP contribution >= 0.6 is 23.2 Å². The molecule has 5 nitrogen and oxygen atoms in total. The maximum atomic E-state index is 12.7. The molecule has 1 unspecified atom stereocenters. The Labute approximate surface area is 170 Å². The normalized spacial score (nSPS) is 12.4. The van der Waals surface area contributed by atoms with Gasteiger partial charge in [0.2, 0.25) is 15.9 Å². The molecule has 0 radical (unpaired) electrons. The summed E-state index contributed by atoms with van der Waals surface area (Å²) in [4.78, 5) is 12.7. The van der Waals surface area contributed by atoms with Crippen molar-refractivity contribution in [1.82, 2.24) is 5.32 Å². The van der Waals surface area contributed by atoms with Crippen LogP contribution in [0.2, 0.25) is 10.0 Å². The first-order chi connectivity index (χ1) is 12.7. The predicted molar refractivity (Wildman–Crippen MR) is 111 cm³/mol. The Bertz CT molecular complexity index is 869. The topological polar surface area (TPSA) is 66.5 Å². The van der Waals surface area contributed by atoms with Crippen LogP contribution in [-0.2, 0) is 21.2 Å². The van der Waals surface area contributed by atoms with Crippen molar-refractivity contribution in [3.05, 3.63) is 64.1 Å². The van der Waals surface area contributed by atoms with Gasteiger partial charge in [0.25, 0.3) is 0 Å². The Morgan fingerprint density at radius 2 is 1.56 bits per heavy atom. The highest BCUT2D eigenvalue weighted by atomic mass is 35.5. The number of rotatable bonds is 8. The van der Waals surface area contributed by atoms with E-state index in [1.807, 2.05) is 12.1 Å². The molecule has 1 atom stereocenters. The van der Waals surface area contributed by atoms with Gasteiger partial charge in [-0.2, -0.15) is 0 Å². The maximum absolute atomic E-state index is 12.7.